The van der Waals surface area contributed by atoms with Gasteiger partial charge in [0.25, 0.3) is 0 Å². The highest BCUT2D eigenvalue weighted by Gasteiger charge is 2.52. The average Bonchev–Trinajstić information content (AvgIpc) is 3.33. The van der Waals surface area contributed by atoms with Crippen LogP contribution in [0.1, 0.15) is 50.5 Å². The summed E-state index contributed by atoms with van der Waals surface area (Å²) in [5.41, 5.74) is 2.71. The van der Waals surface area contributed by atoms with E-state index in [2.05, 4.69) is 0 Å². The highest BCUT2D eigenvalue weighted by Crippen LogP contribution is 2.49. The second-order valence-electron chi connectivity index (χ2n) is 9.20. The van der Waals surface area contributed by atoms with Crippen molar-refractivity contribution in [2.24, 2.45) is 11.8 Å². The van der Waals surface area contributed by atoms with Crippen molar-refractivity contribution in [1.29, 1.82) is 0 Å². The van der Waals surface area contributed by atoms with Gasteiger partial charge in [-0.3, -0.25) is 9.59 Å². The molecule has 1 N–H and O–H groups in total. The Labute approximate surface area is 211 Å². The van der Waals surface area contributed by atoms with Gasteiger partial charge in [-0.1, -0.05) is 121 Å². The molecule has 0 spiro atoms. The van der Waals surface area contributed by atoms with E-state index in [9.17, 15) is 14.7 Å². The standard InChI is InChI=1S/C32H28O4/c33-27(22-13-5-1-6-14-22)21-26-28(29(34)23-15-7-2-8-16-23)32(30(35)24-17-9-3-10-18-24)36-31(26)25-19-11-4-12-20-25/h1-20,26,28,30-32,35H,21H2/t26-,28-,30+,31+,32+/m0/s1. The quantitative estimate of drug-likeness (QED) is 0.305. The molecule has 1 aliphatic rings. The normalized spacial score (nSPS) is 22.1. The van der Waals surface area contributed by atoms with Gasteiger partial charge in [0.2, 0.25) is 0 Å². The van der Waals surface area contributed by atoms with Gasteiger partial charge in [-0.05, 0) is 11.1 Å². The van der Waals surface area contributed by atoms with Gasteiger partial charge in [-0.25, -0.2) is 0 Å². The lowest BCUT2D eigenvalue weighted by atomic mass is 9.75. The number of carbonyl (C=O) groups excluding carboxylic acids is 2. The predicted molar refractivity (Wildman–Crippen MR) is 139 cm³/mol. The summed E-state index contributed by atoms with van der Waals surface area (Å²) in [5, 5.41) is 11.5. The summed E-state index contributed by atoms with van der Waals surface area (Å²) in [6.07, 6.45) is -2.21. The zero-order chi connectivity index (χ0) is 24.9. The Morgan fingerprint density at radius 1 is 0.694 bits per heavy atom. The van der Waals surface area contributed by atoms with Gasteiger partial charge in [-0.15, -0.1) is 0 Å². The van der Waals surface area contributed by atoms with Crippen molar-refractivity contribution >= 4 is 11.6 Å². The second-order valence-corrected chi connectivity index (χ2v) is 9.20. The van der Waals surface area contributed by atoms with Crippen LogP contribution in [0.15, 0.2) is 121 Å². The van der Waals surface area contributed by atoms with Crippen molar-refractivity contribution in [3.63, 3.8) is 0 Å². The van der Waals surface area contributed by atoms with E-state index in [1.807, 2.05) is 97.1 Å². The minimum Gasteiger partial charge on any atom is -0.386 e. The summed E-state index contributed by atoms with van der Waals surface area (Å²) in [7, 11) is 0. The van der Waals surface area contributed by atoms with Gasteiger partial charge in [0.15, 0.2) is 11.6 Å². The second kappa shape index (κ2) is 10.8. The molecule has 180 valence electrons. The van der Waals surface area contributed by atoms with Crippen molar-refractivity contribution in [2.75, 3.05) is 0 Å². The number of hydrogen-bond acceptors (Lipinski definition) is 4. The molecule has 0 aromatic heterocycles. The molecule has 0 bridgehead atoms. The molecule has 0 aliphatic carbocycles. The summed E-state index contributed by atoms with van der Waals surface area (Å²) in [6.45, 7) is 0. The number of ether oxygens (including phenoxy) is 1. The molecule has 4 nitrogen and oxygen atoms in total. The van der Waals surface area contributed by atoms with Crippen LogP contribution in [0.5, 0.6) is 0 Å². The molecule has 1 fully saturated rings. The number of carbonyl (C=O) groups is 2. The number of hydrogen-bond donors (Lipinski definition) is 1. The Hall–Kier alpha value is -3.86. The topological polar surface area (TPSA) is 63.6 Å². The van der Waals surface area contributed by atoms with Crippen LogP contribution >= 0.6 is 0 Å². The third-order valence-corrected chi connectivity index (χ3v) is 6.97. The van der Waals surface area contributed by atoms with Gasteiger partial charge in [0.1, 0.15) is 6.10 Å². The van der Waals surface area contributed by atoms with Crippen LogP contribution in [0.4, 0.5) is 0 Å². The number of rotatable bonds is 8. The Morgan fingerprint density at radius 3 is 1.78 bits per heavy atom. The molecule has 1 aliphatic heterocycles. The van der Waals surface area contributed by atoms with E-state index >= 15 is 0 Å². The molecule has 4 heteroatoms. The maximum Gasteiger partial charge on any atom is 0.169 e. The molecule has 4 aromatic rings. The summed E-state index contributed by atoms with van der Waals surface area (Å²) >= 11 is 0. The van der Waals surface area contributed by atoms with Gasteiger partial charge in [0.05, 0.1) is 18.1 Å². The van der Waals surface area contributed by atoms with E-state index in [1.54, 1.807) is 24.3 Å². The van der Waals surface area contributed by atoms with Crippen LogP contribution in [0, 0.1) is 11.8 Å². The predicted octanol–water partition coefficient (Wildman–Crippen LogP) is 6.25. The molecule has 5 rings (SSSR count). The highest BCUT2D eigenvalue weighted by atomic mass is 16.5. The van der Waals surface area contributed by atoms with Crippen LogP contribution in [0.25, 0.3) is 0 Å². The van der Waals surface area contributed by atoms with E-state index in [0.717, 1.165) is 5.56 Å². The van der Waals surface area contributed by atoms with Crippen LogP contribution in [-0.4, -0.2) is 22.8 Å². The smallest absolute Gasteiger partial charge is 0.169 e. The summed E-state index contributed by atoms with van der Waals surface area (Å²) in [6, 6.07) is 37.1. The molecule has 5 atom stereocenters. The average molecular weight is 477 g/mol. The lowest BCUT2D eigenvalue weighted by molar-refractivity contribution is -0.0476. The van der Waals surface area contributed by atoms with E-state index in [0.29, 0.717) is 16.7 Å². The molecular formula is C32H28O4. The first kappa shape index (κ1) is 23.9. The lowest BCUT2D eigenvalue weighted by Crippen LogP contribution is -2.34. The van der Waals surface area contributed by atoms with Gasteiger partial charge in [0, 0.05) is 23.5 Å². The minimum atomic E-state index is -1.02. The molecule has 0 saturated carbocycles. The van der Waals surface area contributed by atoms with Crippen LogP contribution in [0.2, 0.25) is 0 Å². The first-order chi connectivity index (χ1) is 17.6. The maximum absolute atomic E-state index is 14.0. The van der Waals surface area contributed by atoms with Crippen LogP contribution in [-0.2, 0) is 4.74 Å². The van der Waals surface area contributed by atoms with E-state index in [-0.39, 0.29) is 18.0 Å². The van der Waals surface area contributed by atoms with E-state index in [1.165, 1.54) is 0 Å². The van der Waals surface area contributed by atoms with E-state index in [4.69, 9.17) is 4.74 Å². The minimum absolute atomic E-state index is 0.0501. The molecular weight excluding hydrogens is 448 g/mol. The SMILES string of the molecule is O=C(C[C@H]1[C@@H](C(=O)c2ccccc2)[C@H]([C@H](O)c2ccccc2)O[C@@H]1c1ccccc1)c1ccccc1. The fraction of sp³-hybridized carbons (Fsp3) is 0.188. The Kier molecular flexibility index (Phi) is 7.17. The van der Waals surface area contributed by atoms with Crippen LogP contribution < -0.4 is 0 Å². The first-order valence-corrected chi connectivity index (χ1v) is 12.2. The van der Waals surface area contributed by atoms with Crippen LogP contribution in [0.3, 0.4) is 0 Å². The van der Waals surface area contributed by atoms with Crippen molar-refractivity contribution < 1.29 is 19.4 Å². The Bertz CT molecular complexity index is 1290. The zero-order valence-corrected chi connectivity index (χ0v) is 19.8. The molecule has 36 heavy (non-hydrogen) atoms. The highest BCUT2D eigenvalue weighted by molar-refractivity contribution is 6.00. The molecule has 0 unspecified atom stereocenters. The Morgan fingerprint density at radius 2 is 1.19 bits per heavy atom. The monoisotopic (exact) mass is 476 g/mol. The van der Waals surface area contributed by atoms with Crippen molar-refractivity contribution in [3.05, 3.63) is 144 Å². The first-order valence-electron chi connectivity index (χ1n) is 12.2. The molecule has 1 saturated heterocycles. The van der Waals surface area contributed by atoms with Crippen molar-refractivity contribution in [2.45, 2.75) is 24.7 Å². The fourth-order valence-electron chi connectivity index (χ4n) is 5.19. The lowest BCUT2D eigenvalue weighted by Gasteiger charge is -2.26. The number of aliphatic hydroxyl groups excluding tert-OH is 1. The third-order valence-electron chi connectivity index (χ3n) is 6.97. The van der Waals surface area contributed by atoms with Gasteiger partial charge >= 0.3 is 0 Å². The molecule has 0 amide bonds. The largest absolute Gasteiger partial charge is 0.386 e. The molecule has 4 aromatic carbocycles. The van der Waals surface area contributed by atoms with E-state index < -0.39 is 30.1 Å². The Balaban J connectivity index is 1.58. The number of ketones is 2. The molecule has 0 radical (unpaired) electrons. The van der Waals surface area contributed by atoms with Crippen molar-refractivity contribution in [1.82, 2.24) is 0 Å². The van der Waals surface area contributed by atoms with Gasteiger partial charge < -0.3 is 9.84 Å². The fourth-order valence-corrected chi connectivity index (χ4v) is 5.19. The summed E-state index contributed by atoms with van der Waals surface area (Å²) < 4.78 is 6.55. The third kappa shape index (κ3) is 4.92. The van der Waals surface area contributed by atoms with Crippen molar-refractivity contribution in [3.8, 4) is 0 Å². The summed E-state index contributed by atoms with van der Waals surface area (Å²) in [4.78, 5) is 27.4. The molecule has 1 heterocycles. The number of Topliss-reactive ketones (excluding diaryl/α,β-unsaturated/α-hetero) is 2. The van der Waals surface area contributed by atoms with Gasteiger partial charge in [-0.2, -0.15) is 0 Å². The number of aliphatic hydroxyl groups is 1. The summed E-state index contributed by atoms with van der Waals surface area (Å²) in [5.74, 6) is -1.33. The maximum atomic E-state index is 14.0. The number of benzene rings is 4. The zero-order valence-electron chi connectivity index (χ0n) is 19.8.